The zero-order chi connectivity index (χ0) is 14.5. The highest BCUT2D eigenvalue weighted by molar-refractivity contribution is 6.30. The topological polar surface area (TPSA) is 26.7 Å². The Hall–Kier alpha value is -0.680. The van der Waals surface area contributed by atoms with E-state index in [9.17, 15) is 9.50 Å². The fraction of sp³-hybridized carbons (Fsp3) is 0.600. The van der Waals surface area contributed by atoms with Gasteiger partial charge in [0.15, 0.2) is 0 Å². The van der Waals surface area contributed by atoms with Gasteiger partial charge in [-0.2, -0.15) is 0 Å². The first-order valence-electron chi connectivity index (χ1n) is 7.07. The van der Waals surface area contributed by atoms with Gasteiger partial charge in [-0.25, -0.2) is 4.39 Å². The van der Waals surface area contributed by atoms with Gasteiger partial charge in [0.1, 0.15) is 5.82 Å². The van der Waals surface area contributed by atoms with Crippen LogP contribution in [0.15, 0.2) is 18.2 Å². The van der Waals surface area contributed by atoms with Crippen molar-refractivity contribution in [3.8, 4) is 0 Å². The van der Waals surface area contributed by atoms with Crippen molar-refractivity contribution in [2.75, 3.05) is 33.3 Å². The van der Waals surface area contributed by atoms with Crippen LogP contribution in [0, 0.1) is 5.82 Å². The fourth-order valence-corrected chi connectivity index (χ4v) is 2.87. The van der Waals surface area contributed by atoms with E-state index in [0.717, 1.165) is 31.5 Å². The molecule has 1 aromatic rings. The van der Waals surface area contributed by atoms with Gasteiger partial charge in [0.25, 0.3) is 0 Å². The molecule has 1 aliphatic rings. The molecule has 1 saturated heterocycles. The first kappa shape index (κ1) is 15.7. The number of piperidine rings is 1. The summed E-state index contributed by atoms with van der Waals surface area (Å²) in [4.78, 5) is 4.56. The molecule has 1 aromatic carbocycles. The molecule has 112 valence electrons. The maximum absolute atomic E-state index is 13.5. The summed E-state index contributed by atoms with van der Waals surface area (Å²) in [5, 5.41) is 9.40. The van der Waals surface area contributed by atoms with E-state index in [4.69, 9.17) is 11.6 Å². The van der Waals surface area contributed by atoms with Gasteiger partial charge >= 0.3 is 0 Å². The monoisotopic (exact) mass is 300 g/mol. The number of aliphatic hydroxyl groups is 1. The lowest BCUT2D eigenvalue weighted by Gasteiger charge is -2.37. The molecule has 3 nitrogen and oxygen atoms in total. The van der Waals surface area contributed by atoms with Crippen LogP contribution in [0.3, 0.4) is 0 Å². The summed E-state index contributed by atoms with van der Waals surface area (Å²) >= 11 is 5.71. The SMILES string of the molecule is CN1CCC(N(CCO)Cc2ccc(Cl)c(F)c2)CC1. The number of aliphatic hydroxyl groups excluding tert-OH is 1. The van der Waals surface area contributed by atoms with Crippen molar-refractivity contribution in [1.82, 2.24) is 9.80 Å². The minimum Gasteiger partial charge on any atom is -0.395 e. The van der Waals surface area contributed by atoms with E-state index in [2.05, 4.69) is 16.8 Å². The number of halogens is 2. The average Bonchev–Trinajstić information content (AvgIpc) is 2.43. The Labute approximate surface area is 124 Å². The van der Waals surface area contributed by atoms with Crippen LogP contribution >= 0.6 is 11.6 Å². The Balaban J connectivity index is 2.02. The Morgan fingerprint density at radius 1 is 1.40 bits per heavy atom. The third-order valence-electron chi connectivity index (χ3n) is 3.96. The van der Waals surface area contributed by atoms with Crippen LogP contribution in [-0.4, -0.2) is 54.2 Å². The molecule has 0 unspecified atom stereocenters. The van der Waals surface area contributed by atoms with E-state index in [1.807, 2.05) is 6.07 Å². The van der Waals surface area contributed by atoms with E-state index in [1.54, 1.807) is 6.07 Å². The Morgan fingerprint density at radius 3 is 2.70 bits per heavy atom. The summed E-state index contributed by atoms with van der Waals surface area (Å²) in [5.74, 6) is -0.378. The van der Waals surface area contributed by atoms with Gasteiger partial charge in [-0.05, 0) is 50.7 Å². The van der Waals surface area contributed by atoms with Crippen LogP contribution in [-0.2, 0) is 6.54 Å². The van der Waals surface area contributed by atoms with Gasteiger partial charge in [-0.1, -0.05) is 17.7 Å². The molecule has 20 heavy (non-hydrogen) atoms. The van der Waals surface area contributed by atoms with Gasteiger partial charge in [0, 0.05) is 19.1 Å². The van der Waals surface area contributed by atoms with Crippen LogP contribution in [0.25, 0.3) is 0 Å². The van der Waals surface area contributed by atoms with Crippen LogP contribution in [0.4, 0.5) is 4.39 Å². The fourth-order valence-electron chi connectivity index (χ4n) is 2.75. The molecule has 1 heterocycles. The zero-order valence-electron chi connectivity index (χ0n) is 11.9. The summed E-state index contributed by atoms with van der Waals surface area (Å²) in [7, 11) is 2.13. The first-order valence-corrected chi connectivity index (χ1v) is 7.45. The molecule has 0 spiro atoms. The Morgan fingerprint density at radius 2 is 2.10 bits per heavy atom. The number of likely N-dealkylation sites (tertiary alicyclic amines) is 1. The second kappa shape index (κ2) is 7.36. The van der Waals surface area contributed by atoms with Crippen LogP contribution in [0.1, 0.15) is 18.4 Å². The van der Waals surface area contributed by atoms with E-state index in [-0.39, 0.29) is 17.4 Å². The van der Waals surface area contributed by atoms with Gasteiger partial charge < -0.3 is 10.0 Å². The van der Waals surface area contributed by atoms with Crippen molar-refractivity contribution < 1.29 is 9.50 Å². The molecule has 1 aliphatic heterocycles. The molecule has 0 amide bonds. The summed E-state index contributed by atoms with van der Waals surface area (Å²) in [6.45, 7) is 3.55. The minimum absolute atomic E-state index is 0.127. The van der Waals surface area contributed by atoms with Crippen molar-refractivity contribution in [3.05, 3.63) is 34.6 Å². The summed E-state index contributed by atoms with van der Waals surface area (Å²) in [6, 6.07) is 5.39. The summed E-state index contributed by atoms with van der Waals surface area (Å²) < 4.78 is 13.5. The Kier molecular flexibility index (Phi) is 5.78. The van der Waals surface area contributed by atoms with Crippen molar-refractivity contribution in [1.29, 1.82) is 0 Å². The van der Waals surface area contributed by atoms with Gasteiger partial charge in [0.05, 0.1) is 11.6 Å². The van der Waals surface area contributed by atoms with E-state index in [0.29, 0.717) is 19.1 Å². The number of hydrogen-bond donors (Lipinski definition) is 1. The lowest BCUT2D eigenvalue weighted by molar-refractivity contribution is 0.0940. The van der Waals surface area contributed by atoms with E-state index < -0.39 is 0 Å². The number of hydrogen-bond acceptors (Lipinski definition) is 3. The van der Waals surface area contributed by atoms with Gasteiger partial charge in [-0.15, -0.1) is 0 Å². The normalized spacial score (nSPS) is 17.9. The third kappa shape index (κ3) is 4.16. The highest BCUT2D eigenvalue weighted by atomic mass is 35.5. The van der Waals surface area contributed by atoms with Crippen LogP contribution in [0.2, 0.25) is 5.02 Å². The second-order valence-electron chi connectivity index (χ2n) is 5.48. The van der Waals surface area contributed by atoms with Crippen LogP contribution < -0.4 is 0 Å². The third-order valence-corrected chi connectivity index (χ3v) is 4.27. The minimum atomic E-state index is -0.378. The number of nitrogens with zero attached hydrogens (tertiary/aromatic N) is 2. The molecule has 0 radical (unpaired) electrons. The molecule has 0 saturated carbocycles. The maximum atomic E-state index is 13.5. The summed E-state index contributed by atoms with van der Waals surface area (Å²) in [6.07, 6.45) is 2.18. The van der Waals surface area contributed by atoms with Gasteiger partial charge in [-0.3, -0.25) is 4.90 Å². The molecular formula is C15H22ClFN2O. The van der Waals surface area contributed by atoms with Crippen LogP contribution in [0.5, 0.6) is 0 Å². The molecule has 0 atom stereocenters. The standard InChI is InChI=1S/C15H22ClFN2O/c1-18-6-4-13(5-7-18)19(8-9-20)11-12-2-3-14(16)15(17)10-12/h2-3,10,13,20H,4-9,11H2,1H3. The van der Waals surface area contributed by atoms with Crippen molar-refractivity contribution in [2.45, 2.75) is 25.4 Å². The predicted octanol–water partition coefficient (Wildman–Crippen LogP) is 2.37. The second-order valence-corrected chi connectivity index (χ2v) is 5.88. The molecule has 1 fully saturated rings. The van der Waals surface area contributed by atoms with Gasteiger partial charge in [0.2, 0.25) is 0 Å². The molecule has 1 N–H and O–H groups in total. The van der Waals surface area contributed by atoms with Crippen molar-refractivity contribution in [2.24, 2.45) is 0 Å². The molecule has 5 heteroatoms. The lowest BCUT2D eigenvalue weighted by atomic mass is 10.0. The zero-order valence-corrected chi connectivity index (χ0v) is 12.6. The van der Waals surface area contributed by atoms with Crippen molar-refractivity contribution in [3.63, 3.8) is 0 Å². The number of benzene rings is 1. The predicted molar refractivity (Wildman–Crippen MR) is 79.4 cm³/mol. The summed E-state index contributed by atoms with van der Waals surface area (Å²) in [5.41, 5.74) is 0.902. The molecule has 2 rings (SSSR count). The highest BCUT2D eigenvalue weighted by Gasteiger charge is 2.23. The van der Waals surface area contributed by atoms with Crippen molar-refractivity contribution >= 4 is 11.6 Å². The smallest absolute Gasteiger partial charge is 0.142 e. The molecule has 0 aromatic heterocycles. The maximum Gasteiger partial charge on any atom is 0.142 e. The van der Waals surface area contributed by atoms with E-state index in [1.165, 1.54) is 6.07 Å². The van der Waals surface area contributed by atoms with E-state index >= 15 is 0 Å². The largest absolute Gasteiger partial charge is 0.395 e. The highest BCUT2D eigenvalue weighted by Crippen LogP contribution is 2.20. The molecular weight excluding hydrogens is 279 g/mol. The first-order chi connectivity index (χ1) is 9.60. The molecule has 0 bridgehead atoms. The number of rotatable bonds is 5. The average molecular weight is 301 g/mol. The lowest BCUT2D eigenvalue weighted by Crippen LogP contribution is -2.44. The quantitative estimate of drug-likeness (QED) is 0.904. The molecule has 0 aliphatic carbocycles. The Bertz CT molecular complexity index is 436.